The lowest BCUT2D eigenvalue weighted by Crippen LogP contribution is -1.96. The lowest BCUT2D eigenvalue weighted by Gasteiger charge is -1.89. The van der Waals surface area contributed by atoms with Crippen LogP contribution in [0.15, 0.2) is 12.1 Å². The van der Waals surface area contributed by atoms with Crippen molar-refractivity contribution < 1.29 is 14.3 Å². The Bertz CT molecular complexity index is 326. The van der Waals surface area contributed by atoms with Gasteiger partial charge in [-0.3, -0.25) is 0 Å². The molecule has 1 aromatic heterocycles. The van der Waals surface area contributed by atoms with Gasteiger partial charge in [0.25, 0.3) is 6.26 Å². The first-order chi connectivity index (χ1) is 5.77. The molecule has 1 aromatic rings. The average molecular weight is 183 g/mol. The van der Waals surface area contributed by atoms with E-state index in [1.807, 2.05) is 0 Å². The molecule has 0 saturated carbocycles. The summed E-state index contributed by atoms with van der Waals surface area (Å²) < 4.78 is 8.96. The zero-order chi connectivity index (χ0) is 8.97. The molecule has 1 rings (SSSR count). The molecule has 0 aliphatic heterocycles. The molecule has 0 saturated heterocycles. The van der Waals surface area contributed by atoms with Gasteiger partial charge in [-0.25, -0.2) is 4.79 Å². The van der Waals surface area contributed by atoms with E-state index in [1.54, 1.807) is 12.1 Å². The van der Waals surface area contributed by atoms with E-state index in [-0.39, 0.29) is 0 Å². The monoisotopic (exact) mass is 183 g/mol. The molecule has 4 nitrogen and oxygen atoms in total. The van der Waals surface area contributed by atoms with E-state index in [2.05, 4.69) is 4.74 Å². The predicted octanol–water partition coefficient (Wildman–Crippen LogP) is 1.39. The minimum Gasteiger partial charge on any atom is -0.487 e. The largest absolute Gasteiger partial charge is 0.487 e. The van der Waals surface area contributed by atoms with Crippen LogP contribution in [0.3, 0.4) is 0 Å². The Morgan fingerprint density at radius 3 is 2.92 bits per heavy atom. The number of thiophene rings is 1. The topological polar surface area (TPSA) is 59.3 Å². The maximum absolute atomic E-state index is 10.9. The van der Waals surface area contributed by atoms with Gasteiger partial charge in [-0.1, -0.05) is 11.3 Å². The molecular weight excluding hydrogens is 178 g/mol. The Morgan fingerprint density at radius 1 is 1.67 bits per heavy atom. The highest BCUT2D eigenvalue weighted by Crippen LogP contribution is 2.24. The summed E-state index contributed by atoms with van der Waals surface area (Å²) in [5.41, 5.74) is 0. The van der Waals surface area contributed by atoms with Crippen molar-refractivity contribution in [3.05, 3.63) is 17.0 Å². The van der Waals surface area contributed by atoms with Gasteiger partial charge in [0.2, 0.25) is 0 Å². The number of nitrogens with zero attached hydrogens (tertiary/aromatic N) is 1. The first kappa shape index (κ1) is 8.56. The van der Waals surface area contributed by atoms with Crippen molar-refractivity contribution in [3.8, 4) is 11.3 Å². The van der Waals surface area contributed by atoms with Gasteiger partial charge in [0, 0.05) is 0 Å². The molecule has 0 radical (unpaired) electrons. The molecule has 1 heterocycles. The Kier molecular flexibility index (Phi) is 2.66. The van der Waals surface area contributed by atoms with Crippen molar-refractivity contribution in [2.75, 3.05) is 7.11 Å². The van der Waals surface area contributed by atoms with Gasteiger partial charge in [-0.2, -0.15) is 0 Å². The highest BCUT2D eigenvalue weighted by Gasteiger charge is 2.10. The number of esters is 1. The summed E-state index contributed by atoms with van der Waals surface area (Å²) >= 11 is 1.13. The molecule has 0 atom stereocenters. The molecule has 0 spiro atoms. The van der Waals surface area contributed by atoms with E-state index in [0.29, 0.717) is 9.94 Å². The standard InChI is InChI=1S/C7H5NO3S/c1-10-6-3-2-5(12-6)7(9)11-4-8/h2-3H,1H3. The van der Waals surface area contributed by atoms with Gasteiger partial charge in [0.1, 0.15) is 4.88 Å². The van der Waals surface area contributed by atoms with E-state index < -0.39 is 5.97 Å². The molecule has 0 aromatic carbocycles. The van der Waals surface area contributed by atoms with Crippen LogP contribution in [0.2, 0.25) is 0 Å². The van der Waals surface area contributed by atoms with E-state index in [0.717, 1.165) is 11.3 Å². The lowest BCUT2D eigenvalue weighted by molar-refractivity contribution is 0.0690. The second-order valence-electron chi connectivity index (χ2n) is 1.80. The summed E-state index contributed by atoms with van der Waals surface area (Å²) in [5.74, 6) is -0.647. The zero-order valence-electron chi connectivity index (χ0n) is 6.23. The highest BCUT2D eigenvalue weighted by molar-refractivity contribution is 7.15. The maximum Gasteiger partial charge on any atom is 0.363 e. The minimum atomic E-state index is -0.647. The molecule has 0 bridgehead atoms. The maximum atomic E-state index is 10.9. The Balaban J connectivity index is 2.76. The molecule has 12 heavy (non-hydrogen) atoms. The molecule has 0 fully saturated rings. The van der Waals surface area contributed by atoms with Crippen LogP contribution in [0.1, 0.15) is 9.67 Å². The second kappa shape index (κ2) is 3.74. The number of methoxy groups -OCH3 is 1. The molecule has 0 aliphatic rings. The number of ether oxygens (including phenoxy) is 2. The lowest BCUT2D eigenvalue weighted by atomic mass is 10.5. The molecule has 5 heteroatoms. The molecule has 0 amide bonds. The fourth-order valence-corrected chi connectivity index (χ4v) is 1.33. The Labute approximate surface area is 72.9 Å². The number of hydrogen-bond donors (Lipinski definition) is 0. The van der Waals surface area contributed by atoms with Crippen molar-refractivity contribution in [3.63, 3.8) is 0 Å². The fourth-order valence-electron chi connectivity index (χ4n) is 0.631. The van der Waals surface area contributed by atoms with Crippen molar-refractivity contribution in [1.29, 1.82) is 5.26 Å². The van der Waals surface area contributed by atoms with E-state index in [9.17, 15) is 4.79 Å². The smallest absolute Gasteiger partial charge is 0.363 e. The third-order valence-corrected chi connectivity index (χ3v) is 2.15. The van der Waals surface area contributed by atoms with Crippen molar-refractivity contribution in [2.24, 2.45) is 0 Å². The van der Waals surface area contributed by atoms with Crippen LogP contribution in [0.4, 0.5) is 0 Å². The SMILES string of the molecule is COc1ccc(C(=O)OC#N)s1. The molecule has 0 aliphatic carbocycles. The van der Waals surface area contributed by atoms with Gasteiger partial charge in [-0.15, -0.1) is 5.26 Å². The highest BCUT2D eigenvalue weighted by atomic mass is 32.1. The van der Waals surface area contributed by atoms with Crippen molar-refractivity contribution in [2.45, 2.75) is 0 Å². The second-order valence-corrected chi connectivity index (χ2v) is 2.85. The predicted molar refractivity (Wildman–Crippen MR) is 41.9 cm³/mol. The van der Waals surface area contributed by atoms with E-state index in [1.165, 1.54) is 13.4 Å². The zero-order valence-corrected chi connectivity index (χ0v) is 7.05. The third kappa shape index (κ3) is 1.74. The van der Waals surface area contributed by atoms with Crippen LogP contribution in [0.5, 0.6) is 5.06 Å². The van der Waals surface area contributed by atoms with E-state index in [4.69, 9.17) is 10.00 Å². The summed E-state index contributed by atoms with van der Waals surface area (Å²) in [5, 5.41) is 8.65. The van der Waals surface area contributed by atoms with Crippen LogP contribution < -0.4 is 4.74 Å². The van der Waals surface area contributed by atoms with Crippen molar-refractivity contribution >= 4 is 17.3 Å². The molecule has 0 N–H and O–H groups in total. The Hall–Kier alpha value is -1.54. The molecule has 0 unspecified atom stereocenters. The Morgan fingerprint density at radius 2 is 2.42 bits per heavy atom. The van der Waals surface area contributed by atoms with Gasteiger partial charge in [0.05, 0.1) is 7.11 Å². The number of carbonyl (C=O) groups is 1. The summed E-state index contributed by atoms with van der Waals surface area (Å²) in [6.07, 6.45) is 1.31. The first-order valence-electron chi connectivity index (χ1n) is 3.02. The van der Waals surface area contributed by atoms with Gasteiger partial charge in [0.15, 0.2) is 5.06 Å². The van der Waals surface area contributed by atoms with Crippen LogP contribution in [0, 0.1) is 11.5 Å². The van der Waals surface area contributed by atoms with Crippen LogP contribution in [-0.2, 0) is 4.74 Å². The van der Waals surface area contributed by atoms with Crippen LogP contribution >= 0.6 is 11.3 Å². The van der Waals surface area contributed by atoms with E-state index >= 15 is 0 Å². The van der Waals surface area contributed by atoms with Crippen LogP contribution in [0.25, 0.3) is 0 Å². The molecular formula is C7H5NO3S. The first-order valence-corrected chi connectivity index (χ1v) is 3.83. The number of carbonyl (C=O) groups excluding carboxylic acids is 1. The van der Waals surface area contributed by atoms with Gasteiger partial charge in [-0.05, 0) is 12.1 Å². The van der Waals surface area contributed by atoms with Crippen LogP contribution in [-0.4, -0.2) is 13.1 Å². The minimum absolute atomic E-state index is 0.355. The number of nitriles is 1. The van der Waals surface area contributed by atoms with Gasteiger partial charge < -0.3 is 9.47 Å². The quantitative estimate of drug-likeness (QED) is 0.513. The number of rotatable bonds is 2. The molecule has 62 valence electrons. The third-order valence-electron chi connectivity index (χ3n) is 1.12. The average Bonchev–Trinajstić information content (AvgIpc) is 2.52. The number of hydrogen-bond acceptors (Lipinski definition) is 5. The summed E-state index contributed by atoms with van der Waals surface area (Å²) in [7, 11) is 1.51. The summed E-state index contributed by atoms with van der Waals surface area (Å²) in [6.45, 7) is 0. The fraction of sp³-hybridized carbons (Fsp3) is 0.143. The summed E-state index contributed by atoms with van der Waals surface area (Å²) in [6, 6.07) is 3.18. The normalized spacial score (nSPS) is 8.67. The summed E-state index contributed by atoms with van der Waals surface area (Å²) in [4.78, 5) is 11.2. The van der Waals surface area contributed by atoms with Crippen molar-refractivity contribution in [1.82, 2.24) is 0 Å². The van der Waals surface area contributed by atoms with Gasteiger partial charge >= 0.3 is 5.97 Å².